The first-order chi connectivity index (χ1) is 14.8. The van der Waals surface area contributed by atoms with E-state index in [9.17, 15) is 4.79 Å². The van der Waals surface area contributed by atoms with Crippen molar-refractivity contribution in [1.82, 2.24) is 15.0 Å². The number of carbonyl (C=O) groups is 1. The normalized spacial score (nSPS) is 11.4. The minimum Gasteiger partial charge on any atom is -0.493 e. The SMILES string of the molecule is COc1ccc(-c2noc(CCN(Cc3ccco3)C(=O)CC(C)(C)C)n2)cc1OC. The quantitative estimate of drug-likeness (QED) is 0.501. The first-order valence-electron chi connectivity index (χ1n) is 10.1. The Kier molecular flexibility index (Phi) is 6.99. The van der Waals surface area contributed by atoms with Crippen LogP contribution in [0.5, 0.6) is 11.5 Å². The Labute approximate surface area is 182 Å². The Morgan fingerprint density at radius 1 is 1.13 bits per heavy atom. The van der Waals surface area contributed by atoms with E-state index >= 15 is 0 Å². The van der Waals surface area contributed by atoms with E-state index < -0.39 is 0 Å². The zero-order chi connectivity index (χ0) is 22.4. The largest absolute Gasteiger partial charge is 0.493 e. The van der Waals surface area contributed by atoms with Gasteiger partial charge in [0.2, 0.25) is 17.6 Å². The number of rotatable bonds is 9. The fraction of sp³-hybridized carbons (Fsp3) is 0.435. The number of carbonyl (C=O) groups excluding carboxylic acids is 1. The van der Waals surface area contributed by atoms with Crippen LogP contribution in [0.3, 0.4) is 0 Å². The molecule has 0 bridgehead atoms. The maximum absolute atomic E-state index is 12.9. The standard InChI is InChI=1S/C23H29N3O5/c1-23(2,3)14-21(27)26(15-17-7-6-12-30-17)11-10-20-24-22(25-31-20)16-8-9-18(28-4)19(13-16)29-5/h6-9,12-13H,10-11,14-15H2,1-5H3. The number of aromatic nitrogens is 2. The molecule has 2 heterocycles. The van der Waals surface area contributed by atoms with Crippen LogP contribution in [-0.4, -0.2) is 41.7 Å². The molecule has 166 valence electrons. The number of ether oxygens (including phenoxy) is 2. The summed E-state index contributed by atoms with van der Waals surface area (Å²) in [6.07, 6.45) is 2.49. The molecule has 0 aliphatic rings. The lowest BCUT2D eigenvalue weighted by atomic mass is 9.91. The molecule has 0 radical (unpaired) electrons. The van der Waals surface area contributed by atoms with Gasteiger partial charge in [-0.15, -0.1) is 0 Å². The topological polar surface area (TPSA) is 90.8 Å². The summed E-state index contributed by atoms with van der Waals surface area (Å²) in [4.78, 5) is 19.1. The molecule has 8 nitrogen and oxygen atoms in total. The Balaban J connectivity index is 1.70. The van der Waals surface area contributed by atoms with E-state index in [0.717, 1.165) is 11.3 Å². The molecule has 3 rings (SSSR count). The van der Waals surface area contributed by atoms with E-state index in [1.54, 1.807) is 37.5 Å². The van der Waals surface area contributed by atoms with Crippen molar-refractivity contribution in [2.45, 2.75) is 40.2 Å². The highest BCUT2D eigenvalue weighted by molar-refractivity contribution is 5.76. The van der Waals surface area contributed by atoms with Gasteiger partial charge in [0.05, 0.1) is 27.0 Å². The summed E-state index contributed by atoms with van der Waals surface area (Å²) < 4.78 is 21.5. The van der Waals surface area contributed by atoms with Gasteiger partial charge in [-0.25, -0.2) is 0 Å². The summed E-state index contributed by atoms with van der Waals surface area (Å²) in [7, 11) is 3.16. The first-order valence-corrected chi connectivity index (χ1v) is 10.1. The fourth-order valence-electron chi connectivity index (χ4n) is 3.13. The van der Waals surface area contributed by atoms with Gasteiger partial charge in [0.25, 0.3) is 0 Å². The van der Waals surface area contributed by atoms with Crippen molar-refractivity contribution in [1.29, 1.82) is 0 Å². The number of benzene rings is 1. The number of nitrogens with zero attached hydrogens (tertiary/aromatic N) is 3. The molecule has 2 aromatic heterocycles. The second-order valence-electron chi connectivity index (χ2n) is 8.46. The summed E-state index contributed by atoms with van der Waals surface area (Å²) in [6.45, 7) is 6.98. The van der Waals surface area contributed by atoms with Crippen LogP contribution in [0.2, 0.25) is 0 Å². The van der Waals surface area contributed by atoms with Crippen molar-refractivity contribution >= 4 is 5.91 Å². The molecule has 0 unspecified atom stereocenters. The van der Waals surface area contributed by atoms with Gasteiger partial charge < -0.3 is 23.3 Å². The second-order valence-corrected chi connectivity index (χ2v) is 8.46. The van der Waals surface area contributed by atoms with Gasteiger partial charge in [-0.1, -0.05) is 25.9 Å². The van der Waals surface area contributed by atoms with E-state index in [2.05, 4.69) is 10.1 Å². The minimum absolute atomic E-state index is 0.0588. The van der Waals surface area contributed by atoms with Crippen LogP contribution in [-0.2, 0) is 17.8 Å². The molecule has 0 fully saturated rings. The lowest BCUT2D eigenvalue weighted by Gasteiger charge is -2.25. The molecule has 31 heavy (non-hydrogen) atoms. The van der Waals surface area contributed by atoms with Gasteiger partial charge in [-0.05, 0) is 35.7 Å². The van der Waals surface area contributed by atoms with Crippen molar-refractivity contribution in [3.05, 3.63) is 48.2 Å². The smallest absolute Gasteiger partial charge is 0.228 e. The van der Waals surface area contributed by atoms with Gasteiger partial charge >= 0.3 is 0 Å². The Morgan fingerprint density at radius 2 is 1.90 bits per heavy atom. The van der Waals surface area contributed by atoms with Gasteiger partial charge in [-0.2, -0.15) is 4.98 Å². The highest BCUT2D eigenvalue weighted by Crippen LogP contribution is 2.31. The summed E-state index contributed by atoms with van der Waals surface area (Å²) in [5.41, 5.74) is 0.646. The predicted octanol–water partition coefficient (Wildman–Crippen LogP) is 4.35. The zero-order valence-corrected chi connectivity index (χ0v) is 18.7. The zero-order valence-electron chi connectivity index (χ0n) is 18.7. The molecule has 0 saturated heterocycles. The number of hydrogen-bond donors (Lipinski definition) is 0. The van der Waals surface area contributed by atoms with E-state index in [0.29, 0.717) is 49.1 Å². The van der Waals surface area contributed by atoms with Crippen LogP contribution >= 0.6 is 0 Å². The molecule has 8 heteroatoms. The van der Waals surface area contributed by atoms with E-state index in [1.165, 1.54) is 0 Å². The fourth-order valence-corrected chi connectivity index (χ4v) is 3.13. The average molecular weight is 428 g/mol. The lowest BCUT2D eigenvalue weighted by Crippen LogP contribution is -2.34. The molecule has 0 atom stereocenters. The van der Waals surface area contributed by atoms with Crippen molar-refractivity contribution in [3.8, 4) is 22.9 Å². The second kappa shape index (κ2) is 9.68. The Morgan fingerprint density at radius 3 is 2.55 bits per heavy atom. The Hall–Kier alpha value is -3.29. The summed E-state index contributed by atoms with van der Waals surface area (Å²) >= 11 is 0. The van der Waals surface area contributed by atoms with E-state index in [4.69, 9.17) is 18.4 Å². The van der Waals surface area contributed by atoms with Crippen molar-refractivity contribution in [2.24, 2.45) is 5.41 Å². The van der Waals surface area contributed by atoms with E-state index in [1.807, 2.05) is 39.0 Å². The van der Waals surface area contributed by atoms with Crippen molar-refractivity contribution in [3.63, 3.8) is 0 Å². The van der Waals surface area contributed by atoms with Crippen LogP contribution in [0.1, 0.15) is 38.8 Å². The van der Waals surface area contributed by atoms with Crippen molar-refractivity contribution < 1.29 is 23.2 Å². The third kappa shape index (κ3) is 6.10. The van der Waals surface area contributed by atoms with Crippen LogP contribution in [0.25, 0.3) is 11.4 Å². The molecule has 1 amide bonds. The minimum atomic E-state index is -0.108. The molecule has 0 N–H and O–H groups in total. The van der Waals surface area contributed by atoms with Gasteiger partial charge in [-0.3, -0.25) is 4.79 Å². The molecule has 1 aromatic carbocycles. The third-order valence-corrected chi connectivity index (χ3v) is 4.67. The molecule has 0 aliphatic carbocycles. The van der Waals surface area contributed by atoms with Crippen LogP contribution in [0, 0.1) is 5.41 Å². The van der Waals surface area contributed by atoms with Crippen LogP contribution in [0.4, 0.5) is 0 Å². The summed E-state index contributed by atoms with van der Waals surface area (Å²) in [5, 5.41) is 4.07. The highest BCUT2D eigenvalue weighted by Gasteiger charge is 2.23. The number of furan rings is 1. The van der Waals surface area contributed by atoms with Crippen LogP contribution < -0.4 is 9.47 Å². The Bertz CT molecular complexity index is 989. The third-order valence-electron chi connectivity index (χ3n) is 4.67. The van der Waals surface area contributed by atoms with Crippen molar-refractivity contribution in [2.75, 3.05) is 20.8 Å². The predicted molar refractivity (Wildman–Crippen MR) is 115 cm³/mol. The average Bonchev–Trinajstić information content (AvgIpc) is 3.41. The summed E-state index contributed by atoms with van der Waals surface area (Å²) in [6, 6.07) is 9.10. The van der Waals surface area contributed by atoms with Crippen LogP contribution in [0.15, 0.2) is 45.5 Å². The van der Waals surface area contributed by atoms with Gasteiger partial charge in [0.1, 0.15) is 5.76 Å². The monoisotopic (exact) mass is 427 g/mol. The lowest BCUT2D eigenvalue weighted by molar-refractivity contribution is -0.134. The number of hydrogen-bond acceptors (Lipinski definition) is 7. The summed E-state index contributed by atoms with van der Waals surface area (Å²) in [5.74, 6) is 2.92. The number of amides is 1. The van der Waals surface area contributed by atoms with Gasteiger partial charge in [0.15, 0.2) is 11.5 Å². The maximum atomic E-state index is 12.9. The molecular weight excluding hydrogens is 398 g/mol. The molecule has 0 saturated carbocycles. The molecule has 3 aromatic rings. The molecular formula is C23H29N3O5. The number of methoxy groups -OCH3 is 2. The maximum Gasteiger partial charge on any atom is 0.228 e. The first kappa shape index (κ1) is 22.4. The molecule has 0 spiro atoms. The highest BCUT2D eigenvalue weighted by atomic mass is 16.5. The molecule has 0 aliphatic heterocycles. The van der Waals surface area contributed by atoms with Gasteiger partial charge in [0, 0.05) is 24.9 Å². The van der Waals surface area contributed by atoms with E-state index in [-0.39, 0.29) is 11.3 Å².